The van der Waals surface area contributed by atoms with Crippen LogP contribution >= 0.6 is 0 Å². The van der Waals surface area contributed by atoms with Gasteiger partial charge in [0.1, 0.15) is 0 Å². The van der Waals surface area contributed by atoms with E-state index in [1.807, 2.05) is 0 Å². The third-order valence-electron chi connectivity index (χ3n) is 5.99. The van der Waals surface area contributed by atoms with Gasteiger partial charge >= 0.3 is 0 Å². The summed E-state index contributed by atoms with van der Waals surface area (Å²) in [7, 11) is -3.45. The molecule has 1 aromatic carbocycles. The Morgan fingerprint density at radius 1 is 1.14 bits per heavy atom. The fourth-order valence-corrected chi connectivity index (χ4v) is 5.91. The molecule has 0 spiro atoms. The van der Waals surface area contributed by atoms with Gasteiger partial charge in [0.15, 0.2) is 0 Å². The van der Waals surface area contributed by atoms with Crippen LogP contribution in [0.5, 0.6) is 0 Å². The normalized spacial score (nSPS) is 22.8. The third kappa shape index (κ3) is 4.66. The highest BCUT2D eigenvalue weighted by Gasteiger charge is 2.30. The van der Waals surface area contributed by atoms with Crippen molar-refractivity contribution in [1.29, 1.82) is 0 Å². The predicted octanol–water partition coefficient (Wildman–Crippen LogP) is 2.34. The first-order valence-electron chi connectivity index (χ1n) is 10.7. The zero-order valence-electron chi connectivity index (χ0n) is 16.8. The number of anilines is 1. The molecule has 7 nitrogen and oxygen atoms in total. The van der Waals surface area contributed by atoms with Crippen LogP contribution in [0, 0.1) is 0 Å². The molecule has 1 atom stereocenters. The highest BCUT2D eigenvalue weighted by Crippen LogP contribution is 2.32. The molecule has 0 bridgehead atoms. The zero-order chi connectivity index (χ0) is 20.3. The van der Waals surface area contributed by atoms with Gasteiger partial charge in [0.05, 0.1) is 30.6 Å². The second-order valence-electron chi connectivity index (χ2n) is 8.01. The summed E-state index contributed by atoms with van der Waals surface area (Å²) in [6.07, 6.45) is 6.19. The number of amides is 1. The molecule has 8 heteroatoms. The van der Waals surface area contributed by atoms with Crippen molar-refractivity contribution < 1.29 is 22.7 Å². The lowest BCUT2D eigenvalue weighted by molar-refractivity contribution is -0.119. The van der Waals surface area contributed by atoms with Gasteiger partial charge in [-0.2, -0.15) is 4.31 Å². The number of piperidine rings is 1. The molecule has 3 aliphatic rings. The fourth-order valence-electron chi connectivity index (χ4n) is 4.34. The minimum absolute atomic E-state index is 0.0164. The van der Waals surface area contributed by atoms with E-state index in [2.05, 4.69) is 0 Å². The van der Waals surface area contributed by atoms with E-state index >= 15 is 0 Å². The topological polar surface area (TPSA) is 76.1 Å². The zero-order valence-corrected chi connectivity index (χ0v) is 17.7. The predicted molar refractivity (Wildman–Crippen MR) is 110 cm³/mol. The summed E-state index contributed by atoms with van der Waals surface area (Å²) in [6.45, 7) is 3.50. The lowest BCUT2D eigenvalue weighted by Crippen LogP contribution is -2.35. The van der Waals surface area contributed by atoms with E-state index in [9.17, 15) is 13.2 Å². The molecule has 0 N–H and O–H groups in total. The number of benzene rings is 1. The van der Waals surface area contributed by atoms with Crippen LogP contribution in [0.1, 0.15) is 44.1 Å². The average Bonchev–Trinajstić information content (AvgIpc) is 3.41. The van der Waals surface area contributed by atoms with Gasteiger partial charge in [-0.1, -0.05) is 6.42 Å². The Morgan fingerprint density at radius 3 is 2.72 bits per heavy atom. The van der Waals surface area contributed by atoms with Crippen LogP contribution in [0.3, 0.4) is 0 Å². The van der Waals surface area contributed by atoms with E-state index in [0.29, 0.717) is 50.6 Å². The van der Waals surface area contributed by atoms with E-state index in [0.717, 1.165) is 50.0 Å². The number of nitrogens with zero attached hydrogens (tertiary/aromatic N) is 2. The molecule has 29 heavy (non-hydrogen) atoms. The quantitative estimate of drug-likeness (QED) is 0.631. The summed E-state index contributed by atoms with van der Waals surface area (Å²) < 4.78 is 38.5. The molecule has 4 rings (SSSR count). The number of hydrogen-bond acceptors (Lipinski definition) is 5. The van der Waals surface area contributed by atoms with Crippen molar-refractivity contribution in [2.24, 2.45) is 0 Å². The minimum atomic E-state index is -3.45. The maximum absolute atomic E-state index is 12.9. The summed E-state index contributed by atoms with van der Waals surface area (Å²) in [5, 5.41) is 0. The molecule has 3 aliphatic heterocycles. The number of rotatable bonds is 7. The van der Waals surface area contributed by atoms with E-state index in [4.69, 9.17) is 9.47 Å². The van der Waals surface area contributed by atoms with Crippen molar-refractivity contribution in [3.8, 4) is 0 Å². The van der Waals surface area contributed by atoms with Crippen LogP contribution in [0.15, 0.2) is 23.1 Å². The highest BCUT2D eigenvalue weighted by atomic mass is 32.2. The number of fused-ring (bicyclic) bond motifs is 1. The number of carbonyl (C=O) groups excluding carboxylic acids is 1. The van der Waals surface area contributed by atoms with Crippen molar-refractivity contribution in [2.45, 2.75) is 55.9 Å². The molecule has 2 fully saturated rings. The monoisotopic (exact) mass is 422 g/mol. The standard InChI is InChI=1S/C21H30N2O5S/c24-21(9-14-27-16-18-5-4-13-28-18)23-12-8-17-15-19(6-7-20(17)23)29(25,26)22-10-2-1-3-11-22/h6-7,15,18H,1-5,8-14,16H2. The maximum Gasteiger partial charge on any atom is 0.243 e. The van der Waals surface area contributed by atoms with Gasteiger partial charge in [-0.05, 0) is 55.9 Å². The number of ether oxygens (including phenoxy) is 2. The summed E-state index contributed by atoms with van der Waals surface area (Å²) in [5.74, 6) is 0.0164. The number of hydrogen-bond donors (Lipinski definition) is 0. The highest BCUT2D eigenvalue weighted by molar-refractivity contribution is 7.89. The van der Waals surface area contributed by atoms with Gasteiger partial charge in [0, 0.05) is 31.9 Å². The number of sulfonamides is 1. The van der Waals surface area contributed by atoms with Crippen molar-refractivity contribution in [3.63, 3.8) is 0 Å². The van der Waals surface area contributed by atoms with Gasteiger partial charge in [-0.3, -0.25) is 4.79 Å². The lowest BCUT2D eigenvalue weighted by atomic mass is 10.2. The Morgan fingerprint density at radius 2 is 1.97 bits per heavy atom. The molecule has 0 saturated carbocycles. The van der Waals surface area contributed by atoms with Gasteiger partial charge in [0.2, 0.25) is 15.9 Å². The summed E-state index contributed by atoms with van der Waals surface area (Å²) in [5.41, 5.74) is 1.75. The van der Waals surface area contributed by atoms with Gasteiger partial charge in [-0.15, -0.1) is 0 Å². The van der Waals surface area contributed by atoms with Crippen LogP contribution in [0.4, 0.5) is 5.69 Å². The first-order valence-corrected chi connectivity index (χ1v) is 12.1. The first kappa shape index (κ1) is 20.8. The van der Waals surface area contributed by atoms with E-state index in [-0.39, 0.29) is 12.0 Å². The third-order valence-corrected chi connectivity index (χ3v) is 7.88. The fraction of sp³-hybridized carbons (Fsp3) is 0.667. The van der Waals surface area contributed by atoms with E-state index < -0.39 is 10.0 Å². The van der Waals surface area contributed by atoms with Crippen LogP contribution in [-0.2, 0) is 30.7 Å². The lowest BCUT2D eigenvalue weighted by Gasteiger charge is -2.26. The van der Waals surface area contributed by atoms with E-state index in [1.54, 1.807) is 27.4 Å². The van der Waals surface area contributed by atoms with Gasteiger partial charge < -0.3 is 14.4 Å². The summed E-state index contributed by atoms with van der Waals surface area (Å²) in [6, 6.07) is 5.17. The largest absolute Gasteiger partial charge is 0.378 e. The Kier molecular flexibility index (Phi) is 6.53. The molecule has 3 heterocycles. The van der Waals surface area contributed by atoms with Crippen LogP contribution in [0.2, 0.25) is 0 Å². The van der Waals surface area contributed by atoms with Crippen LogP contribution in [-0.4, -0.2) is 64.2 Å². The molecule has 160 valence electrons. The summed E-state index contributed by atoms with van der Waals surface area (Å²) >= 11 is 0. The Balaban J connectivity index is 1.35. The van der Waals surface area contributed by atoms with Crippen LogP contribution in [0.25, 0.3) is 0 Å². The van der Waals surface area contributed by atoms with Crippen molar-refractivity contribution in [2.75, 3.05) is 44.4 Å². The first-order chi connectivity index (χ1) is 14.1. The van der Waals surface area contributed by atoms with Crippen molar-refractivity contribution >= 4 is 21.6 Å². The molecule has 0 radical (unpaired) electrons. The maximum atomic E-state index is 12.9. The van der Waals surface area contributed by atoms with Gasteiger partial charge in [0.25, 0.3) is 0 Å². The second kappa shape index (κ2) is 9.12. The molecule has 1 aromatic rings. The molecule has 2 saturated heterocycles. The van der Waals surface area contributed by atoms with E-state index in [1.165, 1.54) is 0 Å². The smallest absolute Gasteiger partial charge is 0.243 e. The molecular weight excluding hydrogens is 392 g/mol. The molecule has 1 unspecified atom stereocenters. The molecular formula is C21H30N2O5S. The Hall–Kier alpha value is -1.48. The van der Waals surface area contributed by atoms with Crippen molar-refractivity contribution in [3.05, 3.63) is 23.8 Å². The number of carbonyl (C=O) groups is 1. The summed E-state index contributed by atoms with van der Waals surface area (Å²) in [4.78, 5) is 14.7. The second-order valence-corrected chi connectivity index (χ2v) is 9.95. The SMILES string of the molecule is O=C(CCOCC1CCCO1)N1CCc2cc(S(=O)(=O)N3CCCCC3)ccc21. The molecule has 0 aromatic heterocycles. The Labute approximate surface area is 173 Å². The average molecular weight is 423 g/mol. The minimum Gasteiger partial charge on any atom is -0.378 e. The Bertz CT molecular complexity index is 829. The van der Waals surface area contributed by atoms with Crippen molar-refractivity contribution in [1.82, 2.24) is 4.31 Å². The van der Waals surface area contributed by atoms with Gasteiger partial charge in [-0.25, -0.2) is 8.42 Å². The molecule has 1 amide bonds. The molecule has 0 aliphatic carbocycles. The van der Waals surface area contributed by atoms with Crippen LogP contribution < -0.4 is 4.90 Å².